The number of urea groups is 1. The first-order chi connectivity index (χ1) is 16.3. The summed E-state index contributed by atoms with van der Waals surface area (Å²) in [5.41, 5.74) is 1.08. The molecule has 2 aromatic heterocycles. The summed E-state index contributed by atoms with van der Waals surface area (Å²) in [7, 11) is 0. The van der Waals surface area contributed by atoms with Crippen LogP contribution < -0.4 is 19.3 Å². The maximum absolute atomic E-state index is 12.9. The van der Waals surface area contributed by atoms with Gasteiger partial charge >= 0.3 is 12.4 Å². The summed E-state index contributed by atoms with van der Waals surface area (Å²) in [6.45, 7) is -0.324. The van der Waals surface area contributed by atoms with Crippen molar-refractivity contribution in [2.45, 2.75) is 6.36 Å². The molecular formula is C23H15F3N4O4. The van der Waals surface area contributed by atoms with Gasteiger partial charge in [-0.25, -0.2) is 14.7 Å². The molecule has 0 atom stereocenters. The number of alkyl halides is 3. The Hall–Kier alpha value is -4.54. The van der Waals surface area contributed by atoms with Gasteiger partial charge in [0.2, 0.25) is 0 Å². The van der Waals surface area contributed by atoms with Crippen molar-refractivity contribution in [1.29, 1.82) is 0 Å². The van der Waals surface area contributed by atoms with E-state index in [2.05, 4.69) is 14.7 Å². The summed E-state index contributed by atoms with van der Waals surface area (Å²) in [6.07, 6.45) is -1.52. The lowest BCUT2D eigenvalue weighted by atomic mass is 10.2. The highest BCUT2D eigenvalue weighted by Gasteiger charge is 2.38. The van der Waals surface area contributed by atoms with E-state index < -0.39 is 24.1 Å². The molecule has 0 saturated carbocycles. The minimum atomic E-state index is -4.87. The Balaban J connectivity index is 1.34. The number of halogens is 3. The SMILES string of the molecule is O=C1CN(c2cccc(OC(F)(F)F)c2)C(=O)N1c1ccc(Oc2ccnc3[nH]ccc23)cc1. The van der Waals surface area contributed by atoms with Crippen molar-refractivity contribution in [3.8, 4) is 17.2 Å². The highest BCUT2D eigenvalue weighted by molar-refractivity contribution is 6.27. The van der Waals surface area contributed by atoms with Crippen molar-refractivity contribution in [2.75, 3.05) is 16.3 Å². The van der Waals surface area contributed by atoms with Crippen molar-refractivity contribution in [3.63, 3.8) is 0 Å². The average molecular weight is 468 g/mol. The number of pyridine rings is 1. The minimum absolute atomic E-state index is 0.107. The topological polar surface area (TPSA) is 87.8 Å². The standard InChI is InChI=1S/C23H15F3N4O4/c24-23(25,26)34-17-3-1-2-15(12-17)29-13-20(31)30(22(29)32)14-4-6-16(7-5-14)33-19-9-11-28-21-18(19)8-10-27-21/h1-12H,13H2,(H,27,28). The van der Waals surface area contributed by atoms with Gasteiger partial charge in [-0.2, -0.15) is 0 Å². The number of hydrogen-bond donors (Lipinski definition) is 1. The molecule has 0 bridgehead atoms. The number of ether oxygens (including phenoxy) is 2. The number of benzene rings is 2. The Morgan fingerprint density at radius 2 is 1.74 bits per heavy atom. The highest BCUT2D eigenvalue weighted by Crippen LogP contribution is 2.33. The van der Waals surface area contributed by atoms with E-state index in [0.717, 1.165) is 27.3 Å². The van der Waals surface area contributed by atoms with E-state index >= 15 is 0 Å². The Morgan fingerprint density at radius 1 is 0.941 bits per heavy atom. The lowest BCUT2D eigenvalue weighted by molar-refractivity contribution is -0.274. The number of H-pyrrole nitrogens is 1. The monoisotopic (exact) mass is 468 g/mol. The molecule has 0 radical (unpaired) electrons. The quantitative estimate of drug-likeness (QED) is 0.406. The Morgan fingerprint density at radius 3 is 2.50 bits per heavy atom. The molecule has 0 spiro atoms. The predicted octanol–water partition coefficient (Wildman–Crippen LogP) is 5.23. The number of aromatic amines is 1. The molecule has 0 aliphatic carbocycles. The van der Waals surface area contributed by atoms with Crippen LogP contribution >= 0.6 is 0 Å². The lowest BCUT2D eigenvalue weighted by Crippen LogP contribution is -2.33. The minimum Gasteiger partial charge on any atom is -0.457 e. The van der Waals surface area contributed by atoms with Crippen molar-refractivity contribution >= 4 is 34.3 Å². The van der Waals surface area contributed by atoms with E-state index in [0.29, 0.717) is 22.8 Å². The van der Waals surface area contributed by atoms with Gasteiger partial charge in [-0.1, -0.05) is 6.07 Å². The van der Waals surface area contributed by atoms with Crippen LogP contribution in [0.25, 0.3) is 11.0 Å². The van der Waals surface area contributed by atoms with Crippen molar-refractivity contribution < 1.29 is 32.2 Å². The summed E-state index contributed by atoms with van der Waals surface area (Å²) in [6, 6.07) is 14.1. The summed E-state index contributed by atoms with van der Waals surface area (Å²) in [5.74, 6) is 0.0479. The number of amides is 3. The summed E-state index contributed by atoms with van der Waals surface area (Å²) < 4.78 is 47.4. The van der Waals surface area contributed by atoms with E-state index in [1.807, 2.05) is 6.07 Å². The molecule has 3 amide bonds. The van der Waals surface area contributed by atoms with Crippen LogP contribution in [0.2, 0.25) is 0 Å². The Labute approximate surface area is 190 Å². The summed E-state index contributed by atoms with van der Waals surface area (Å²) in [4.78, 5) is 34.7. The van der Waals surface area contributed by atoms with E-state index in [1.54, 1.807) is 42.7 Å². The molecule has 11 heteroatoms. The second kappa shape index (κ2) is 8.10. The number of nitrogens with one attached hydrogen (secondary N) is 1. The fraction of sp³-hybridized carbons (Fsp3) is 0.0870. The normalized spacial score (nSPS) is 14.2. The molecule has 8 nitrogen and oxygen atoms in total. The third kappa shape index (κ3) is 4.10. The first-order valence-electron chi connectivity index (χ1n) is 9.99. The van der Waals surface area contributed by atoms with Gasteiger partial charge in [0.1, 0.15) is 29.4 Å². The van der Waals surface area contributed by atoms with Crippen LogP contribution in [0.5, 0.6) is 17.2 Å². The number of imide groups is 1. The first-order valence-corrected chi connectivity index (χ1v) is 9.99. The molecule has 1 aliphatic rings. The molecule has 2 aromatic carbocycles. The third-order valence-corrected chi connectivity index (χ3v) is 5.07. The zero-order valence-electron chi connectivity index (χ0n) is 17.2. The predicted molar refractivity (Wildman–Crippen MR) is 116 cm³/mol. The van der Waals surface area contributed by atoms with E-state index in [9.17, 15) is 22.8 Å². The largest absolute Gasteiger partial charge is 0.573 e. The number of carbonyl (C=O) groups excluding carboxylic acids is 2. The summed E-state index contributed by atoms with van der Waals surface area (Å²) >= 11 is 0. The van der Waals surface area contributed by atoms with Crippen LogP contribution in [-0.4, -0.2) is 34.8 Å². The van der Waals surface area contributed by atoms with Crippen molar-refractivity contribution in [2.24, 2.45) is 0 Å². The van der Waals surface area contributed by atoms with Gasteiger partial charge in [0.25, 0.3) is 5.91 Å². The smallest absolute Gasteiger partial charge is 0.457 e. The maximum Gasteiger partial charge on any atom is 0.573 e. The molecule has 1 fully saturated rings. The fourth-order valence-electron chi connectivity index (χ4n) is 3.62. The van der Waals surface area contributed by atoms with Crippen LogP contribution in [0.3, 0.4) is 0 Å². The molecule has 1 aliphatic heterocycles. The molecule has 5 rings (SSSR count). The molecule has 172 valence electrons. The van der Waals surface area contributed by atoms with E-state index in [-0.39, 0.29) is 12.2 Å². The second-order valence-corrected chi connectivity index (χ2v) is 7.29. The van der Waals surface area contributed by atoms with Gasteiger partial charge < -0.3 is 14.5 Å². The first kappa shape index (κ1) is 21.3. The second-order valence-electron chi connectivity index (χ2n) is 7.29. The summed E-state index contributed by atoms with van der Waals surface area (Å²) in [5, 5.41) is 0.795. The Kier molecular flexibility index (Phi) is 5.08. The van der Waals surface area contributed by atoms with Crippen molar-refractivity contribution in [1.82, 2.24) is 9.97 Å². The zero-order chi connectivity index (χ0) is 23.9. The lowest BCUT2D eigenvalue weighted by Gasteiger charge is -2.18. The highest BCUT2D eigenvalue weighted by atomic mass is 19.4. The maximum atomic E-state index is 12.9. The number of hydrogen-bond acceptors (Lipinski definition) is 5. The number of fused-ring (bicyclic) bond motifs is 1. The van der Waals surface area contributed by atoms with Gasteiger partial charge in [0.05, 0.1) is 11.1 Å². The van der Waals surface area contributed by atoms with Crippen LogP contribution in [0, 0.1) is 0 Å². The van der Waals surface area contributed by atoms with Gasteiger partial charge in [-0.3, -0.25) is 9.69 Å². The average Bonchev–Trinajstić information content (AvgIpc) is 3.38. The number of anilines is 2. The third-order valence-electron chi connectivity index (χ3n) is 5.07. The fourth-order valence-corrected chi connectivity index (χ4v) is 3.62. The van der Waals surface area contributed by atoms with Gasteiger partial charge in [-0.05, 0) is 48.5 Å². The Bertz CT molecular complexity index is 1390. The molecule has 3 heterocycles. The molecule has 0 unspecified atom stereocenters. The van der Waals surface area contributed by atoms with E-state index in [4.69, 9.17) is 4.74 Å². The van der Waals surface area contributed by atoms with Gasteiger partial charge in [-0.15, -0.1) is 13.2 Å². The zero-order valence-corrected chi connectivity index (χ0v) is 17.2. The number of carbonyl (C=O) groups is 2. The molecule has 1 N–H and O–H groups in total. The van der Waals surface area contributed by atoms with Crippen LogP contribution in [0.1, 0.15) is 0 Å². The molecule has 34 heavy (non-hydrogen) atoms. The number of aromatic nitrogens is 2. The molecule has 4 aromatic rings. The van der Waals surface area contributed by atoms with Crippen LogP contribution in [-0.2, 0) is 4.79 Å². The van der Waals surface area contributed by atoms with Crippen LogP contribution in [0.4, 0.5) is 29.3 Å². The molecule has 1 saturated heterocycles. The van der Waals surface area contributed by atoms with E-state index in [1.165, 1.54) is 12.1 Å². The molecular weight excluding hydrogens is 453 g/mol. The van der Waals surface area contributed by atoms with Gasteiger partial charge in [0, 0.05) is 24.1 Å². The van der Waals surface area contributed by atoms with Crippen molar-refractivity contribution in [3.05, 3.63) is 73.1 Å². The number of rotatable bonds is 5. The number of nitrogens with zero attached hydrogens (tertiary/aromatic N) is 3. The van der Waals surface area contributed by atoms with Crippen LogP contribution in [0.15, 0.2) is 73.1 Å². The van der Waals surface area contributed by atoms with Gasteiger partial charge in [0.15, 0.2) is 0 Å².